The van der Waals surface area contributed by atoms with Gasteiger partial charge in [0.1, 0.15) is 5.60 Å². The zero-order valence-corrected chi connectivity index (χ0v) is 19.4. The minimum atomic E-state index is -1.29. The molecule has 7 heteroatoms. The van der Waals surface area contributed by atoms with E-state index in [9.17, 15) is 9.00 Å². The number of benzene rings is 1. The van der Waals surface area contributed by atoms with Crippen LogP contribution in [0.15, 0.2) is 18.2 Å². The Morgan fingerprint density at radius 2 is 1.63 bits per heavy atom. The van der Waals surface area contributed by atoms with Crippen molar-refractivity contribution in [2.75, 3.05) is 5.32 Å². The van der Waals surface area contributed by atoms with Crippen molar-refractivity contribution in [2.45, 2.75) is 78.7 Å². The van der Waals surface area contributed by atoms with Crippen LogP contribution in [0.1, 0.15) is 73.9 Å². The fourth-order valence-electron chi connectivity index (χ4n) is 2.29. The second-order valence-corrected chi connectivity index (χ2v) is 12.1. The first kappa shape index (κ1) is 23.9. The van der Waals surface area contributed by atoms with Gasteiger partial charge in [0.05, 0.1) is 21.8 Å². The van der Waals surface area contributed by atoms with E-state index in [4.69, 9.17) is 16.3 Å². The van der Waals surface area contributed by atoms with Gasteiger partial charge in [0.25, 0.3) is 0 Å². The summed E-state index contributed by atoms with van der Waals surface area (Å²) in [6, 6.07) is 4.93. The maximum absolute atomic E-state index is 12.8. The van der Waals surface area contributed by atoms with Crippen LogP contribution in [0.25, 0.3) is 0 Å². The van der Waals surface area contributed by atoms with Gasteiger partial charge in [-0.2, -0.15) is 0 Å². The van der Waals surface area contributed by atoms with Gasteiger partial charge >= 0.3 is 6.09 Å². The van der Waals surface area contributed by atoms with Crippen molar-refractivity contribution in [2.24, 2.45) is 5.41 Å². The first-order chi connectivity index (χ1) is 12.0. The van der Waals surface area contributed by atoms with Crippen molar-refractivity contribution in [1.82, 2.24) is 4.72 Å². The molecule has 0 spiro atoms. The van der Waals surface area contributed by atoms with Crippen LogP contribution in [0.3, 0.4) is 0 Å². The topological polar surface area (TPSA) is 67.4 Å². The fraction of sp³-hybridized carbons (Fsp3) is 0.650. The number of hydrogen-bond donors (Lipinski definition) is 2. The lowest BCUT2D eigenvalue weighted by atomic mass is 9.82. The summed E-state index contributed by atoms with van der Waals surface area (Å²) in [6.07, 6.45) is -0.546. The van der Waals surface area contributed by atoms with Gasteiger partial charge in [-0.15, -0.1) is 0 Å². The van der Waals surface area contributed by atoms with Gasteiger partial charge in [0.2, 0.25) is 0 Å². The summed E-state index contributed by atoms with van der Waals surface area (Å²) < 4.78 is 20.9. The Labute approximate surface area is 171 Å². The molecule has 1 amide bonds. The smallest absolute Gasteiger partial charge is 0.412 e. The molecule has 2 atom stereocenters. The largest absolute Gasteiger partial charge is 0.444 e. The number of ether oxygens (including phenoxy) is 1. The van der Waals surface area contributed by atoms with Crippen molar-refractivity contribution >= 4 is 34.4 Å². The van der Waals surface area contributed by atoms with Gasteiger partial charge in [0.15, 0.2) is 0 Å². The van der Waals surface area contributed by atoms with Gasteiger partial charge in [0, 0.05) is 10.7 Å². The highest BCUT2D eigenvalue weighted by atomic mass is 35.5. The average Bonchev–Trinajstić information content (AvgIpc) is 2.42. The van der Waals surface area contributed by atoms with Crippen molar-refractivity contribution in [3.05, 3.63) is 28.8 Å². The van der Waals surface area contributed by atoms with E-state index in [1.807, 2.05) is 41.5 Å². The number of carbonyl (C=O) groups excluding carboxylic acids is 1. The highest BCUT2D eigenvalue weighted by Gasteiger charge is 2.33. The lowest BCUT2D eigenvalue weighted by molar-refractivity contribution is 0.0635. The number of carbonyl (C=O) groups is 1. The zero-order valence-electron chi connectivity index (χ0n) is 17.8. The highest BCUT2D eigenvalue weighted by molar-refractivity contribution is 7.84. The first-order valence-electron chi connectivity index (χ1n) is 8.98. The summed E-state index contributed by atoms with van der Waals surface area (Å²) in [5.41, 5.74) is 0.452. The normalized spacial score (nSPS) is 15.2. The number of nitrogens with one attached hydrogen (secondary N) is 2. The molecule has 5 nitrogen and oxygen atoms in total. The van der Waals surface area contributed by atoms with Crippen molar-refractivity contribution in [3.63, 3.8) is 0 Å². The predicted octanol–water partition coefficient (Wildman–Crippen LogP) is 5.83. The minimum Gasteiger partial charge on any atom is -0.444 e. The summed E-state index contributed by atoms with van der Waals surface area (Å²) in [6.45, 7) is 17.3. The molecular formula is C20H33ClN2O3S. The van der Waals surface area contributed by atoms with Crippen LogP contribution in [0.2, 0.25) is 5.02 Å². The zero-order chi connectivity index (χ0) is 21.2. The second-order valence-electron chi connectivity index (χ2n) is 9.66. The molecule has 0 aromatic heterocycles. The van der Waals surface area contributed by atoms with Crippen LogP contribution in [0, 0.1) is 5.41 Å². The lowest BCUT2D eigenvalue weighted by Crippen LogP contribution is -2.41. The van der Waals surface area contributed by atoms with Crippen molar-refractivity contribution in [3.8, 4) is 0 Å². The Morgan fingerprint density at radius 1 is 1.07 bits per heavy atom. The summed E-state index contributed by atoms with van der Waals surface area (Å²) in [7, 11) is -1.29. The van der Waals surface area contributed by atoms with E-state index < -0.39 is 27.4 Å². The molecule has 0 aliphatic carbocycles. The van der Waals surface area contributed by atoms with E-state index >= 15 is 0 Å². The highest BCUT2D eigenvalue weighted by Crippen LogP contribution is 2.39. The van der Waals surface area contributed by atoms with E-state index in [-0.39, 0.29) is 11.5 Å². The Balaban J connectivity index is 3.31. The third-order valence-corrected chi connectivity index (χ3v) is 5.40. The monoisotopic (exact) mass is 416 g/mol. The fourth-order valence-corrected chi connectivity index (χ4v) is 3.52. The van der Waals surface area contributed by atoms with E-state index in [1.54, 1.807) is 39.0 Å². The van der Waals surface area contributed by atoms with Gasteiger partial charge in [-0.25, -0.2) is 13.7 Å². The van der Waals surface area contributed by atoms with Crippen LogP contribution in [-0.4, -0.2) is 20.7 Å². The molecule has 1 aromatic rings. The maximum Gasteiger partial charge on any atom is 0.412 e. The molecular weight excluding hydrogens is 384 g/mol. The molecule has 0 heterocycles. The predicted molar refractivity (Wildman–Crippen MR) is 115 cm³/mol. The Bertz CT molecular complexity index is 701. The summed E-state index contributed by atoms with van der Waals surface area (Å²) in [5, 5.41) is 3.34. The summed E-state index contributed by atoms with van der Waals surface area (Å²) in [5.74, 6) is 0. The third kappa shape index (κ3) is 7.80. The van der Waals surface area contributed by atoms with Crippen molar-refractivity contribution in [1.29, 1.82) is 0 Å². The summed E-state index contributed by atoms with van der Waals surface area (Å²) in [4.78, 5) is 12.3. The Kier molecular flexibility index (Phi) is 7.53. The van der Waals surface area contributed by atoms with E-state index in [0.29, 0.717) is 10.7 Å². The molecule has 1 rings (SSSR count). The maximum atomic E-state index is 12.8. The standard InChI is InChI=1S/C20H33ClN2O3S/c1-18(2,3)16(23-27(25)20(7,8)9)14-12-13(21)10-11-15(14)22-17(24)26-19(4,5)6/h10-12,16,23H,1-9H3,(H,22,24). The molecule has 154 valence electrons. The molecule has 0 bridgehead atoms. The third-order valence-electron chi connectivity index (χ3n) is 3.61. The molecule has 27 heavy (non-hydrogen) atoms. The first-order valence-corrected chi connectivity index (χ1v) is 10.5. The van der Waals surface area contributed by atoms with Crippen LogP contribution >= 0.6 is 11.6 Å². The van der Waals surface area contributed by atoms with E-state index in [0.717, 1.165) is 5.56 Å². The number of amides is 1. The van der Waals surface area contributed by atoms with Gasteiger partial charge in [-0.1, -0.05) is 32.4 Å². The number of rotatable bonds is 4. The second kappa shape index (κ2) is 8.50. The molecule has 0 aliphatic heterocycles. The lowest BCUT2D eigenvalue weighted by Gasteiger charge is -2.35. The molecule has 0 saturated heterocycles. The minimum absolute atomic E-state index is 0.282. The Hall–Kier alpha value is -1.11. The van der Waals surface area contributed by atoms with Gasteiger partial charge in [-0.3, -0.25) is 5.32 Å². The van der Waals surface area contributed by atoms with Gasteiger partial charge in [-0.05, 0) is 70.7 Å². The van der Waals surface area contributed by atoms with Crippen LogP contribution in [-0.2, 0) is 15.7 Å². The molecule has 0 fully saturated rings. The number of halogens is 1. The van der Waals surface area contributed by atoms with Gasteiger partial charge < -0.3 is 4.74 Å². The number of anilines is 1. The van der Waals surface area contributed by atoms with E-state index in [2.05, 4.69) is 10.0 Å². The molecule has 2 N–H and O–H groups in total. The average molecular weight is 417 g/mol. The van der Waals surface area contributed by atoms with Crippen LogP contribution in [0.5, 0.6) is 0 Å². The molecule has 0 radical (unpaired) electrons. The van der Waals surface area contributed by atoms with Crippen molar-refractivity contribution < 1.29 is 13.7 Å². The van der Waals surface area contributed by atoms with Crippen LogP contribution in [0.4, 0.5) is 10.5 Å². The quantitative estimate of drug-likeness (QED) is 0.649. The molecule has 0 saturated carbocycles. The molecule has 0 aliphatic rings. The summed E-state index contributed by atoms with van der Waals surface area (Å²) >= 11 is 6.23. The van der Waals surface area contributed by atoms with E-state index in [1.165, 1.54) is 0 Å². The SMILES string of the molecule is CC(C)(C)OC(=O)Nc1ccc(Cl)cc1C(NS(=O)C(C)(C)C)C(C)(C)C. The molecule has 2 unspecified atom stereocenters. The van der Waals surface area contributed by atoms with Crippen LogP contribution < -0.4 is 10.0 Å². The number of hydrogen-bond acceptors (Lipinski definition) is 3. The Morgan fingerprint density at radius 3 is 2.07 bits per heavy atom. The molecule has 1 aromatic carbocycles.